The van der Waals surface area contributed by atoms with Crippen molar-refractivity contribution in [2.75, 3.05) is 18.9 Å². The van der Waals surface area contributed by atoms with Crippen LogP contribution in [0.1, 0.15) is 17.4 Å². The molecule has 0 spiro atoms. The van der Waals surface area contributed by atoms with Gasteiger partial charge in [0.05, 0.1) is 24.2 Å². The van der Waals surface area contributed by atoms with Crippen LogP contribution in [0.5, 0.6) is 0 Å². The van der Waals surface area contributed by atoms with Crippen LogP contribution in [0.4, 0.5) is 5.69 Å². The average Bonchev–Trinajstić information content (AvgIpc) is 2.16. The van der Waals surface area contributed by atoms with E-state index in [2.05, 4.69) is 4.98 Å². The highest BCUT2D eigenvalue weighted by atomic mass is 16.5. The van der Waals surface area contributed by atoms with Crippen molar-refractivity contribution in [1.29, 1.82) is 0 Å². The second kappa shape index (κ2) is 3.32. The normalized spacial score (nSPS) is 21.2. The van der Waals surface area contributed by atoms with Gasteiger partial charge in [-0.3, -0.25) is 4.98 Å². The minimum atomic E-state index is -0.0515. The number of rotatable bonds is 1. The summed E-state index contributed by atoms with van der Waals surface area (Å²) in [7, 11) is 0. The molecule has 1 unspecified atom stereocenters. The van der Waals surface area contributed by atoms with Crippen molar-refractivity contribution in [3.63, 3.8) is 0 Å². The molecule has 0 bridgehead atoms. The van der Waals surface area contributed by atoms with Crippen molar-refractivity contribution >= 4 is 5.69 Å². The zero-order valence-electron chi connectivity index (χ0n) is 7.36. The van der Waals surface area contributed by atoms with E-state index in [0.717, 1.165) is 12.1 Å². The van der Waals surface area contributed by atoms with Crippen molar-refractivity contribution in [1.82, 2.24) is 4.98 Å². The predicted octanol–water partition coefficient (Wildman–Crippen LogP) is 0.236. The molecule has 0 amide bonds. The Kier molecular flexibility index (Phi) is 2.16. The molecule has 0 fully saturated rings. The Bertz CT molecular complexity index is 314. The summed E-state index contributed by atoms with van der Waals surface area (Å²) in [6.07, 6.45) is 2.48. The molecule has 2 heterocycles. The number of nitrogen functional groups attached to an aromatic ring is 1. The Labute approximate surface area is 76.9 Å². The van der Waals surface area contributed by atoms with E-state index in [1.54, 1.807) is 6.20 Å². The first-order valence-corrected chi connectivity index (χ1v) is 4.37. The zero-order chi connectivity index (χ0) is 9.26. The van der Waals surface area contributed by atoms with Crippen LogP contribution in [-0.4, -0.2) is 18.1 Å². The Hall–Kier alpha value is -1.13. The topological polar surface area (TPSA) is 74.2 Å². The van der Waals surface area contributed by atoms with Crippen LogP contribution >= 0.6 is 0 Å². The lowest BCUT2D eigenvalue weighted by molar-refractivity contribution is 0.0451. The molecule has 1 atom stereocenters. The highest BCUT2D eigenvalue weighted by Crippen LogP contribution is 2.25. The minimum Gasteiger partial charge on any atom is -0.397 e. The van der Waals surface area contributed by atoms with E-state index in [9.17, 15) is 0 Å². The van der Waals surface area contributed by atoms with Crippen LogP contribution < -0.4 is 11.5 Å². The number of ether oxygens (including phenoxy) is 1. The molecule has 0 aromatic carbocycles. The molecule has 4 nitrogen and oxygen atoms in total. The first kappa shape index (κ1) is 8.47. The number of hydrogen-bond acceptors (Lipinski definition) is 4. The van der Waals surface area contributed by atoms with E-state index in [4.69, 9.17) is 16.2 Å². The summed E-state index contributed by atoms with van der Waals surface area (Å²) in [4.78, 5) is 4.24. The molecule has 2 rings (SSSR count). The van der Waals surface area contributed by atoms with Crippen LogP contribution in [0.15, 0.2) is 12.3 Å². The van der Waals surface area contributed by atoms with Crippen LogP contribution in [-0.2, 0) is 11.2 Å². The molecule has 0 aliphatic carbocycles. The quantitative estimate of drug-likeness (QED) is 0.647. The molecule has 1 aromatic heterocycles. The highest BCUT2D eigenvalue weighted by Gasteiger charge is 2.20. The summed E-state index contributed by atoms with van der Waals surface area (Å²) in [6.45, 7) is 1.18. The van der Waals surface area contributed by atoms with Gasteiger partial charge in [0.15, 0.2) is 0 Å². The van der Waals surface area contributed by atoms with Crippen LogP contribution in [0.3, 0.4) is 0 Å². The molecule has 4 heteroatoms. The van der Waals surface area contributed by atoms with Gasteiger partial charge in [-0.15, -0.1) is 0 Å². The molecular formula is C9H13N3O. The standard InChI is InChI=1S/C9H13N3O/c10-4-8-9-6(1-2-13-8)3-7(11)5-12-9/h3,5,8H,1-2,4,10-11H2. The maximum atomic E-state index is 5.63. The molecule has 1 aliphatic rings. The number of hydrogen-bond donors (Lipinski definition) is 2. The van der Waals surface area contributed by atoms with Crippen molar-refractivity contribution in [2.24, 2.45) is 5.73 Å². The SMILES string of the molecule is NCC1OCCc2cc(N)cnc21. The lowest BCUT2D eigenvalue weighted by atomic mass is 10.0. The van der Waals surface area contributed by atoms with Gasteiger partial charge in [0.2, 0.25) is 0 Å². The highest BCUT2D eigenvalue weighted by molar-refractivity contribution is 5.41. The lowest BCUT2D eigenvalue weighted by Gasteiger charge is -2.23. The van der Waals surface area contributed by atoms with E-state index in [1.165, 1.54) is 5.56 Å². The van der Waals surface area contributed by atoms with Gasteiger partial charge in [-0.1, -0.05) is 0 Å². The summed E-state index contributed by atoms with van der Waals surface area (Å²) in [5.41, 5.74) is 14.0. The van der Waals surface area contributed by atoms with Crippen molar-refractivity contribution < 1.29 is 4.74 Å². The molecular weight excluding hydrogens is 166 g/mol. The average molecular weight is 179 g/mol. The molecule has 0 radical (unpaired) electrons. The Morgan fingerprint density at radius 1 is 1.62 bits per heavy atom. The van der Waals surface area contributed by atoms with E-state index in [-0.39, 0.29) is 6.10 Å². The third-order valence-electron chi connectivity index (χ3n) is 2.23. The van der Waals surface area contributed by atoms with Gasteiger partial charge >= 0.3 is 0 Å². The Balaban J connectivity index is 2.40. The second-order valence-electron chi connectivity index (χ2n) is 3.16. The largest absolute Gasteiger partial charge is 0.397 e. The first-order valence-electron chi connectivity index (χ1n) is 4.37. The fourth-order valence-electron chi connectivity index (χ4n) is 1.60. The predicted molar refractivity (Wildman–Crippen MR) is 50.1 cm³/mol. The summed E-state index contributed by atoms with van der Waals surface area (Å²) in [6, 6.07) is 1.95. The fraction of sp³-hybridized carbons (Fsp3) is 0.444. The Morgan fingerprint density at radius 2 is 2.46 bits per heavy atom. The molecule has 13 heavy (non-hydrogen) atoms. The number of fused-ring (bicyclic) bond motifs is 1. The van der Waals surface area contributed by atoms with Crippen LogP contribution in [0.2, 0.25) is 0 Å². The third-order valence-corrected chi connectivity index (χ3v) is 2.23. The van der Waals surface area contributed by atoms with Crippen molar-refractivity contribution in [3.8, 4) is 0 Å². The van der Waals surface area contributed by atoms with Crippen molar-refractivity contribution in [3.05, 3.63) is 23.5 Å². The third kappa shape index (κ3) is 1.50. The summed E-state index contributed by atoms with van der Waals surface area (Å²) < 4.78 is 5.47. The fourth-order valence-corrected chi connectivity index (χ4v) is 1.60. The van der Waals surface area contributed by atoms with E-state index >= 15 is 0 Å². The monoisotopic (exact) mass is 179 g/mol. The molecule has 4 N–H and O–H groups in total. The van der Waals surface area contributed by atoms with Gasteiger partial charge in [-0.2, -0.15) is 0 Å². The van der Waals surface area contributed by atoms with Crippen molar-refractivity contribution in [2.45, 2.75) is 12.5 Å². The van der Waals surface area contributed by atoms with Gasteiger partial charge in [-0.05, 0) is 18.1 Å². The van der Waals surface area contributed by atoms with Gasteiger partial charge < -0.3 is 16.2 Å². The smallest absolute Gasteiger partial charge is 0.112 e. The van der Waals surface area contributed by atoms with E-state index < -0.39 is 0 Å². The lowest BCUT2D eigenvalue weighted by Crippen LogP contribution is -2.24. The summed E-state index contributed by atoms with van der Waals surface area (Å²) in [5, 5.41) is 0. The summed E-state index contributed by atoms with van der Waals surface area (Å²) in [5.74, 6) is 0. The molecule has 1 aliphatic heterocycles. The Morgan fingerprint density at radius 3 is 3.23 bits per heavy atom. The number of aromatic nitrogens is 1. The number of pyridine rings is 1. The maximum absolute atomic E-state index is 5.63. The second-order valence-corrected chi connectivity index (χ2v) is 3.16. The van der Waals surface area contributed by atoms with Gasteiger partial charge in [0.25, 0.3) is 0 Å². The molecule has 0 saturated carbocycles. The molecule has 0 saturated heterocycles. The van der Waals surface area contributed by atoms with Gasteiger partial charge in [-0.25, -0.2) is 0 Å². The van der Waals surface area contributed by atoms with Crippen LogP contribution in [0.25, 0.3) is 0 Å². The molecule has 70 valence electrons. The van der Waals surface area contributed by atoms with Gasteiger partial charge in [0.1, 0.15) is 6.10 Å². The van der Waals surface area contributed by atoms with Gasteiger partial charge in [0, 0.05) is 6.54 Å². The zero-order valence-corrected chi connectivity index (χ0v) is 7.36. The summed E-state index contributed by atoms with van der Waals surface area (Å²) >= 11 is 0. The maximum Gasteiger partial charge on any atom is 0.112 e. The minimum absolute atomic E-state index is 0.0515. The number of anilines is 1. The molecule has 1 aromatic rings. The van der Waals surface area contributed by atoms with Crippen LogP contribution in [0, 0.1) is 0 Å². The first-order chi connectivity index (χ1) is 6.31. The van der Waals surface area contributed by atoms with E-state index in [0.29, 0.717) is 18.8 Å². The number of nitrogens with two attached hydrogens (primary N) is 2. The van der Waals surface area contributed by atoms with E-state index in [1.807, 2.05) is 6.07 Å². The number of nitrogens with zero attached hydrogens (tertiary/aromatic N) is 1.